The van der Waals surface area contributed by atoms with Crippen molar-refractivity contribution in [1.82, 2.24) is 30.5 Å². The maximum atomic E-state index is 5.01. The first-order valence-corrected chi connectivity index (χ1v) is 12.3. The van der Waals surface area contributed by atoms with E-state index in [1.165, 1.54) is 16.7 Å². The lowest BCUT2D eigenvalue weighted by atomic mass is 9.98. The molecule has 0 aliphatic rings. The molecule has 0 aliphatic heterocycles. The van der Waals surface area contributed by atoms with Crippen molar-refractivity contribution in [2.45, 2.75) is 27.3 Å². The van der Waals surface area contributed by atoms with E-state index in [2.05, 4.69) is 107 Å². The number of hydrogen-bond acceptors (Lipinski definition) is 4. The Labute approximate surface area is 209 Å². The number of aromatic amines is 2. The number of pyridine rings is 1. The highest BCUT2D eigenvalue weighted by Gasteiger charge is 2.16. The van der Waals surface area contributed by atoms with Crippen molar-refractivity contribution in [2.75, 3.05) is 6.54 Å². The number of para-hydroxylation sites is 1. The molecule has 0 spiro atoms. The summed E-state index contributed by atoms with van der Waals surface area (Å²) in [6, 6.07) is 21.2. The quantitative estimate of drug-likeness (QED) is 0.256. The molecule has 0 atom stereocenters. The third kappa shape index (κ3) is 3.85. The Bertz CT molecular complexity index is 1690. The predicted molar refractivity (Wildman–Crippen MR) is 147 cm³/mol. The number of fused-ring (bicyclic) bond motifs is 2. The fraction of sp³-hybridized carbons (Fsp3) is 0.167. The van der Waals surface area contributed by atoms with Gasteiger partial charge in [-0.1, -0.05) is 55.0 Å². The molecule has 3 aromatic carbocycles. The number of nitrogens with one attached hydrogen (secondary N) is 3. The first-order valence-electron chi connectivity index (χ1n) is 12.3. The number of rotatable bonds is 6. The minimum atomic E-state index is 0.753. The zero-order valence-corrected chi connectivity index (χ0v) is 20.7. The van der Waals surface area contributed by atoms with Crippen LogP contribution in [0.2, 0.25) is 0 Å². The van der Waals surface area contributed by atoms with Crippen LogP contribution < -0.4 is 5.32 Å². The van der Waals surface area contributed by atoms with E-state index >= 15 is 0 Å². The largest absolute Gasteiger partial charge is 0.337 e. The second-order valence-electron chi connectivity index (χ2n) is 9.24. The van der Waals surface area contributed by atoms with Gasteiger partial charge in [-0.2, -0.15) is 5.10 Å². The van der Waals surface area contributed by atoms with Gasteiger partial charge in [0.05, 0.1) is 16.6 Å². The number of imidazole rings is 1. The zero-order chi connectivity index (χ0) is 24.6. The molecule has 3 heterocycles. The van der Waals surface area contributed by atoms with Gasteiger partial charge >= 0.3 is 0 Å². The van der Waals surface area contributed by atoms with Gasteiger partial charge in [-0.3, -0.25) is 10.1 Å². The van der Waals surface area contributed by atoms with E-state index in [0.717, 1.165) is 68.8 Å². The minimum absolute atomic E-state index is 0.753. The summed E-state index contributed by atoms with van der Waals surface area (Å²) in [5.74, 6) is 0.753. The summed E-state index contributed by atoms with van der Waals surface area (Å²) in [6.07, 6.45) is 3.89. The molecule has 0 radical (unpaired) electrons. The fourth-order valence-corrected chi connectivity index (χ4v) is 4.77. The topological polar surface area (TPSA) is 82.3 Å². The normalized spacial score (nSPS) is 11.5. The van der Waals surface area contributed by atoms with Crippen LogP contribution in [0.15, 0.2) is 73.1 Å². The predicted octanol–water partition coefficient (Wildman–Crippen LogP) is 6.56. The van der Waals surface area contributed by atoms with Crippen LogP contribution in [-0.2, 0) is 6.54 Å². The van der Waals surface area contributed by atoms with E-state index in [1.54, 1.807) is 0 Å². The van der Waals surface area contributed by atoms with E-state index in [1.807, 2.05) is 12.4 Å². The smallest absolute Gasteiger partial charge is 0.159 e. The van der Waals surface area contributed by atoms with Crippen LogP contribution in [0.25, 0.3) is 55.7 Å². The standard InChI is InChI=1S/C30H28N6/c1-4-31-15-22-16-32-17-25(19(22)3)21-12-13-26-24(14-21)29(36-35-26)30-33-27-7-5-6-23(28(27)34-30)20-10-8-18(2)9-11-20/h5-14,16-17,31H,4,15H2,1-3H3,(H,33,34)(H,35,36). The van der Waals surface area contributed by atoms with Gasteiger partial charge in [0.1, 0.15) is 5.69 Å². The summed E-state index contributed by atoms with van der Waals surface area (Å²) in [7, 11) is 0. The highest BCUT2D eigenvalue weighted by atomic mass is 15.1. The van der Waals surface area contributed by atoms with Crippen LogP contribution in [-0.4, -0.2) is 31.7 Å². The number of H-pyrrole nitrogens is 2. The van der Waals surface area contributed by atoms with Gasteiger partial charge in [-0.15, -0.1) is 0 Å². The molecule has 6 rings (SSSR count). The summed E-state index contributed by atoms with van der Waals surface area (Å²) >= 11 is 0. The van der Waals surface area contributed by atoms with Crippen LogP contribution in [0.5, 0.6) is 0 Å². The molecule has 6 nitrogen and oxygen atoms in total. The van der Waals surface area contributed by atoms with Gasteiger partial charge in [0.2, 0.25) is 0 Å². The molecule has 0 amide bonds. The van der Waals surface area contributed by atoms with Crippen LogP contribution in [0.1, 0.15) is 23.6 Å². The van der Waals surface area contributed by atoms with E-state index < -0.39 is 0 Å². The maximum absolute atomic E-state index is 5.01. The number of nitrogens with zero attached hydrogens (tertiary/aromatic N) is 3. The molecule has 0 fully saturated rings. The average molecular weight is 473 g/mol. The summed E-state index contributed by atoms with van der Waals surface area (Å²) < 4.78 is 0. The van der Waals surface area contributed by atoms with Crippen molar-refractivity contribution >= 4 is 21.9 Å². The molecular weight excluding hydrogens is 444 g/mol. The first-order chi connectivity index (χ1) is 17.6. The molecule has 178 valence electrons. The Balaban J connectivity index is 1.45. The van der Waals surface area contributed by atoms with Crippen LogP contribution in [0.4, 0.5) is 0 Å². The van der Waals surface area contributed by atoms with Crippen molar-refractivity contribution in [3.63, 3.8) is 0 Å². The van der Waals surface area contributed by atoms with Crippen molar-refractivity contribution in [3.05, 3.63) is 89.7 Å². The number of aryl methyl sites for hydroxylation is 1. The SMILES string of the molecule is CCNCc1cncc(-c2ccc3[nH]nc(-c4nc5c(-c6ccc(C)cc6)cccc5[nH]4)c3c2)c1C. The van der Waals surface area contributed by atoms with Gasteiger partial charge in [-0.25, -0.2) is 4.98 Å². The summed E-state index contributed by atoms with van der Waals surface area (Å²) in [5, 5.41) is 12.3. The molecule has 6 heteroatoms. The van der Waals surface area contributed by atoms with Crippen molar-refractivity contribution < 1.29 is 0 Å². The Morgan fingerprint density at radius 2 is 1.69 bits per heavy atom. The monoisotopic (exact) mass is 472 g/mol. The highest BCUT2D eigenvalue weighted by Crippen LogP contribution is 2.34. The molecule has 0 saturated carbocycles. The second kappa shape index (κ2) is 9.06. The number of hydrogen-bond donors (Lipinski definition) is 3. The molecule has 0 unspecified atom stereocenters. The molecule has 36 heavy (non-hydrogen) atoms. The lowest BCUT2D eigenvalue weighted by Gasteiger charge is -2.11. The summed E-state index contributed by atoms with van der Waals surface area (Å²) in [4.78, 5) is 13.0. The molecule has 0 bridgehead atoms. The third-order valence-electron chi connectivity index (χ3n) is 6.86. The summed E-state index contributed by atoms with van der Waals surface area (Å²) in [6.45, 7) is 8.12. The number of benzene rings is 3. The zero-order valence-electron chi connectivity index (χ0n) is 20.7. The van der Waals surface area contributed by atoms with Gasteiger partial charge in [0.15, 0.2) is 5.82 Å². The Kier molecular flexibility index (Phi) is 5.58. The van der Waals surface area contributed by atoms with Crippen molar-refractivity contribution in [1.29, 1.82) is 0 Å². The van der Waals surface area contributed by atoms with Crippen molar-refractivity contribution in [3.8, 4) is 33.8 Å². The minimum Gasteiger partial charge on any atom is -0.337 e. The van der Waals surface area contributed by atoms with Crippen LogP contribution in [0.3, 0.4) is 0 Å². The Hall–Kier alpha value is -4.29. The van der Waals surface area contributed by atoms with Gasteiger partial charge in [0.25, 0.3) is 0 Å². The second-order valence-corrected chi connectivity index (χ2v) is 9.24. The van der Waals surface area contributed by atoms with Crippen LogP contribution in [0, 0.1) is 13.8 Å². The van der Waals surface area contributed by atoms with Gasteiger partial charge in [-0.05, 0) is 60.8 Å². The molecule has 6 aromatic rings. The fourth-order valence-electron chi connectivity index (χ4n) is 4.77. The highest BCUT2D eigenvalue weighted by molar-refractivity contribution is 5.98. The molecule has 0 aliphatic carbocycles. The lowest BCUT2D eigenvalue weighted by molar-refractivity contribution is 0.721. The van der Waals surface area contributed by atoms with Crippen LogP contribution >= 0.6 is 0 Å². The summed E-state index contributed by atoms with van der Waals surface area (Å²) in [5.41, 5.74) is 11.9. The van der Waals surface area contributed by atoms with E-state index in [9.17, 15) is 0 Å². The van der Waals surface area contributed by atoms with E-state index in [-0.39, 0.29) is 0 Å². The van der Waals surface area contributed by atoms with E-state index in [0.29, 0.717) is 0 Å². The molecule has 3 N–H and O–H groups in total. The maximum Gasteiger partial charge on any atom is 0.159 e. The molecular formula is C30H28N6. The lowest BCUT2D eigenvalue weighted by Crippen LogP contribution is -2.13. The van der Waals surface area contributed by atoms with Gasteiger partial charge in [0, 0.05) is 35.5 Å². The Morgan fingerprint density at radius 3 is 2.53 bits per heavy atom. The molecule has 0 saturated heterocycles. The average Bonchev–Trinajstić information content (AvgIpc) is 3.52. The first kappa shape index (κ1) is 22.2. The number of aromatic nitrogens is 5. The Morgan fingerprint density at radius 1 is 0.861 bits per heavy atom. The van der Waals surface area contributed by atoms with E-state index in [4.69, 9.17) is 4.98 Å². The molecule has 3 aromatic heterocycles. The van der Waals surface area contributed by atoms with Crippen molar-refractivity contribution in [2.24, 2.45) is 0 Å². The van der Waals surface area contributed by atoms with Gasteiger partial charge < -0.3 is 10.3 Å². The third-order valence-corrected chi connectivity index (χ3v) is 6.86.